The first-order valence-electron chi connectivity index (χ1n) is 6.93. The molecule has 2 unspecified atom stereocenters. The molecule has 3 rings (SSSR count). The quantitative estimate of drug-likeness (QED) is 0.794. The molecule has 120 valence electrons. The molecule has 0 aliphatic carbocycles. The van der Waals surface area contributed by atoms with Crippen LogP contribution < -0.4 is 5.01 Å². The summed E-state index contributed by atoms with van der Waals surface area (Å²) in [5.41, 5.74) is -1.74. The molecule has 2 aromatic rings. The first-order chi connectivity index (χ1) is 11.0. The summed E-state index contributed by atoms with van der Waals surface area (Å²) in [6.45, 7) is 1.63. The Labute approximate surface area is 130 Å². The molecule has 3 atom stereocenters. The minimum absolute atomic E-state index is 0.0371. The van der Waals surface area contributed by atoms with E-state index in [1.54, 1.807) is 6.92 Å². The highest BCUT2D eigenvalue weighted by atomic mass is 19.1. The zero-order chi connectivity index (χ0) is 16.4. The number of benzene rings is 1. The van der Waals surface area contributed by atoms with Crippen molar-refractivity contribution < 1.29 is 18.9 Å². The van der Waals surface area contributed by atoms with Gasteiger partial charge in [0.2, 0.25) is 6.34 Å². The fourth-order valence-corrected chi connectivity index (χ4v) is 2.57. The molecule has 0 amide bonds. The summed E-state index contributed by atoms with van der Waals surface area (Å²) in [6, 6.07) is 2.47. The summed E-state index contributed by atoms with van der Waals surface area (Å²) in [5, 5.41) is 19.8. The number of hydrogen-bond acceptors (Lipinski definition) is 5. The molecule has 7 nitrogen and oxygen atoms in total. The van der Waals surface area contributed by atoms with E-state index in [0.717, 1.165) is 12.1 Å². The third kappa shape index (κ3) is 2.88. The molecule has 0 bridgehead atoms. The van der Waals surface area contributed by atoms with E-state index in [4.69, 9.17) is 0 Å². The number of quaternary nitrogens is 1. The summed E-state index contributed by atoms with van der Waals surface area (Å²) in [6.07, 6.45) is 5.57. The second-order valence-corrected chi connectivity index (χ2v) is 5.31. The van der Waals surface area contributed by atoms with Gasteiger partial charge in [-0.25, -0.2) is 18.4 Å². The van der Waals surface area contributed by atoms with E-state index in [9.17, 15) is 13.9 Å². The molecule has 23 heavy (non-hydrogen) atoms. The molecule has 0 fully saturated rings. The highest BCUT2D eigenvalue weighted by molar-refractivity contribution is 5.69. The van der Waals surface area contributed by atoms with Crippen molar-refractivity contribution in [1.29, 1.82) is 0 Å². The van der Waals surface area contributed by atoms with Crippen molar-refractivity contribution in [2.75, 3.05) is 0 Å². The van der Waals surface area contributed by atoms with Crippen LogP contribution in [0.25, 0.3) is 0 Å². The van der Waals surface area contributed by atoms with Crippen LogP contribution in [0.15, 0.2) is 40.9 Å². The van der Waals surface area contributed by atoms with Crippen LogP contribution in [0, 0.1) is 11.6 Å². The summed E-state index contributed by atoms with van der Waals surface area (Å²) < 4.78 is 28.9. The maximum absolute atomic E-state index is 14.3. The predicted molar refractivity (Wildman–Crippen MR) is 77.7 cm³/mol. The van der Waals surface area contributed by atoms with E-state index in [-0.39, 0.29) is 12.1 Å². The fourth-order valence-electron chi connectivity index (χ4n) is 2.57. The Morgan fingerprint density at radius 1 is 1.39 bits per heavy atom. The average Bonchev–Trinajstić information content (AvgIpc) is 3.19. The van der Waals surface area contributed by atoms with Gasteiger partial charge in [0.1, 0.15) is 30.3 Å². The molecule has 2 N–H and O–H groups in total. The van der Waals surface area contributed by atoms with Crippen molar-refractivity contribution >= 4 is 12.7 Å². The Morgan fingerprint density at radius 2 is 2.22 bits per heavy atom. The van der Waals surface area contributed by atoms with Crippen LogP contribution in [0.5, 0.6) is 0 Å². The molecule has 1 aromatic carbocycles. The monoisotopic (exact) mass is 321 g/mol. The number of nitrogens with zero attached hydrogens (tertiary/aromatic N) is 5. The highest BCUT2D eigenvalue weighted by Gasteiger charge is 2.45. The first kappa shape index (κ1) is 15.4. The molecule has 1 aliphatic rings. The first-order valence-corrected chi connectivity index (χ1v) is 6.93. The Kier molecular flexibility index (Phi) is 3.97. The molecule has 9 heteroatoms. The molecule has 0 saturated carbocycles. The minimum atomic E-state index is -1.70. The zero-order valence-corrected chi connectivity index (χ0v) is 12.3. The number of aliphatic hydroxyl groups is 1. The lowest BCUT2D eigenvalue weighted by Crippen LogP contribution is -3.11. The molecule has 0 saturated heterocycles. The number of aliphatic imine (C=N–C) groups is 1. The molecule has 2 heterocycles. The Morgan fingerprint density at radius 3 is 2.83 bits per heavy atom. The lowest BCUT2D eigenvalue weighted by Gasteiger charge is -2.33. The van der Waals surface area contributed by atoms with Gasteiger partial charge in [0, 0.05) is 11.6 Å². The van der Waals surface area contributed by atoms with Crippen molar-refractivity contribution in [3.05, 3.63) is 48.1 Å². The van der Waals surface area contributed by atoms with Gasteiger partial charge in [-0.05, 0) is 19.1 Å². The van der Waals surface area contributed by atoms with Crippen molar-refractivity contribution in [3.63, 3.8) is 0 Å². The van der Waals surface area contributed by atoms with E-state index in [0.29, 0.717) is 5.01 Å². The Bertz CT molecular complexity index is 736. The van der Waals surface area contributed by atoms with Gasteiger partial charge in [0.05, 0.1) is 6.54 Å². The fraction of sp³-hybridized carbons (Fsp3) is 0.286. The zero-order valence-electron chi connectivity index (χ0n) is 12.3. The van der Waals surface area contributed by atoms with E-state index in [2.05, 4.69) is 20.2 Å². The van der Waals surface area contributed by atoms with Crippen LogP contribution >= 0.6 is 0 Å². The predicted octanol–water partition coefficient (Wildman–Crippen LogP) is -0.297. The summed E-state index contributed by atoms with van der Waals surface area (Å²) in [7, 11) is 0. The van der Waals surface area contributed by atoms with E-state index < -0.39 is 23.3 Å². The third-order valence-electron chi connectivity index (χ3n) is 3.91. The van der Waals surface area contributed by atoms with E-state index in [1.165, 1.54) is 36.1 Å². The van der Waals surface area contributed by atoms with Gasteiger partial charge < -0.3 is 5.11 Å². The van der Waals surface area contributed by atoms with Crippen molar-refractivity contribution in [1.82, 2.24) is 14.8 Å². The summed E-state index contributed by atoms with van der Waals surface area (Å²) >= 11 is 0. The van der Waals surface area contributed by atoms with Crippen molar-refractivity contribution in [3.8, 4) is 0 Å². The SMILES string of the molecule is C[C@@H]([NH+]1C=NC=N1)C(O)(Cn1cncn1)c1ccc(F)cc1F. The summed E-state index contributed by atoms with van der Waals surface area (Å²) in [4.78, 5) is 7.69. The number of hydrogen-bond donors (Lipinski definition) is 2. The maximum atomic E-state index is 14.3. The molecule has 1 aromatic heterocycles. The topological polar surface area (TPSA) is 80.1 Å². The van der Waals surface area contributed by atoms with Crippen molar-refractivity contribution in [2.24, 2.45) is 10.1 Å². The second kappa shape index (κ2) is 5.94. The number of rotatable bonds is 5. The number of aromatic nitrogens is 3. The van der Waals surface area contributed by atoms with Crippen LogP contribution in [0.4, 0.5) is 8.78 Å². The minimum Gasteiger partial charge on any atom is -0.377 e. The normalized spacial score (nSPS) is 20.6. The van der Waals surface area contributed by atoms with Gasteiger partial charge in [0.15, 0.2) is 11.9 Å². The van der Waals surface area contributed by atoms with Gasteiger partial charge in [-0.2, -0.15) is 15.1 Å². The second-order valence-electron chi connectivity index (χ2n) is 5.31. The molecular weight excluding hydrogens is 306 g/mol. The lowest BCUT2D eigenvalue weighted by atomic mass is 9.86. The third-order valence-corrected chi connectivity index (χ3v) is 3.91. The van der Waals surface area contributed by atoms with Crippen LogP contribution in [0.2, 0.25) is 0 Å². The molecule has 0 radical (unpaired) electrons. The average molecular weight is 321 g/mol. The lowest BCUT2D eigenvalue weighted by molar-refractivity contribution is -0.841. The van der Waals surface area contributed by atoms with Crippen LogP contribution in [0.1, 0.15) is 12.5 Å². The van der Waals surface area contributed by atoms with Crippen LogP contribution in [0.3, 0.4) is 0 Å². The van der Waals surface area contributed by atoms with Crippen molar-refractivity contribution in [2.45, 2.75) is 25.1 Å². The van der Waals surface area contributed by atoms with Crippen LogP contribution in [-0.4, -0.2) is 38.6 Å². The number of nitrogens with one attached hydrogen (secondary N) is 1. The summed E-state index contributed by atoms with van der Waals surface area (Å²) in [5.74, 6) is -1.55. The van der Waals surface area contributed by atoms with Crippen LogP contribution in [-0.2, 0) is 12.1 Å². The smallest absolute Gasteiger partial charge is 0.217 e. The Balaban J connectivity index is 2.04. The van der Waals surface area contributed by atoms with Gasteiger partial charge in [0.25, 0.3) is 0 Å². The van der Waals surface area contributed by atoms with E-state index in [1.807, 2.05) is 0 Å². The van der Waals surface area contributed by atoms with Gasteiger partial charge in [-0.15, -0.1) is 0 Å². The molecule has 0 spiro atoms. The molecule has 1 aliphatic heterocycles. The number of halogens is 2. The highest BCUT2D eigenvalue weighted by Crippen LogP contribution is 2.29. The van der Waals surface area contributed by atoms with Gasteiger partial charge >= 0.3 is 0 Å². The standard InChI is InChI=1S/C14H14F2N6O/c1-10(22-9-18-7-20-22)14(23,5-21-8-17-6-19-21)12-3-2-11(15)4-13(12)16/h2-4,6-10,23H,5H2,1H3/p+1/t10-,14?/m1/s1. The molecular formula is C14H15F2N6O+. The van der Waals surface area contributed by atoms with E-state index >= 15 is 0 Å². The van der Waals surface area contributed by atoms with Gasteiger partial charge in [-0.3, -0.25) is 0 Å². The Hall–Kier alpha value is -2.52. The largest absolute Gasteiger partial charge is 0.377 e. The maximum Gasteiger partial charge on any atom is 0.217 e. The van der Waals surface area contributed by atoms with Gasteiger partial charge in [-0.1, -0.05) is 5.10 Å².